The molecule has 0 aromatic heterocycles. The van der Waals surface area contributed by atoms with Gasteiger partial charge in [0.25, 0.3) is 0 Å². The van der Waals surface area contributed by atoms with Crippen molar-refractivity contribution in [1.82, 2.24) is 0 Å². The summed E-state index contributed by atoms with van der Waals surface area (Å²) in [6, 6.07) is 14.7. The maximum atomic E-state index is 11.5. The molecule has 0 aliphatic heterocycles. The zero-order valence-corrected chi connectivity index (χ0v) is 10.8. The third-order valence-corrected chi connectivity index (χ3v) is 2.82. The molecule has 1 N–H and O–H groups in total. The summed E-state index contributed by atoms with van der Waals surface area (Å²) in [7, 11) is 0. The van der Waals surface area contributed by atoms with Crippen LogP contribution in [0.2, 0.25) is 0 Å². The second kappa shape index (κ2) is 6.16. The number of ketones is 1. The normalized spacial score (nSPS) is 10.2. The van der Waals surface area contributed by atoms with Crippen LogP contribution in [0.1, 0.15) is 22.8 Å². The number of Topliss-reactive ketones (excluding diaryl/α,β-unsaturated/α-hetero) is 1. The SMILES string of the molecule is CC(=O)c1ccccc1Oc1ccc(CCO)cc1. The van der Waals surface area contributed by atoms with Gasteiger partial charge in [-0.3, -0.25) is 4.79 Å². The zero-order valence-electron chi connectivity index (χ0n) is 10.8. The maximum absolute atomic E-state index is 11.5. The molecule has 0 saturated carbocycles. The van der Waals surface area contributed by atoms with Gasteiger partial charge in [0.1, 0.15) is 11.5 Å². The molecule has 0 atom stereocenters. The minimum atomic E-state index is -0.0208. The molecule has 0 saturated heterocycles. The van der Waals surface area contributed by atoms with E-state index in [1.54, 1.807) is 12.1 Å². The van der Waals surface area contributed by atoms with Crippen LogP contribution in [0.3, 0.4) is 0 Å². The molecule has 0 fully saturated rings. The Balaban J connectivity index is 2.19. The van der Waals surface area contributed by atoms with Crippen LogP contribution in [0.5, 0.6) is 11.5 Å². The highest BCUT2D eigenvalue weighted by molar-refractivity contribution is 5.96. The highest BCUT2D eigenvalue weighted by Crippen LogP contribution is 2.25. The molecule has 0 amide bonds. The monoisotopic (exact) mass is 256 g/mol. The van der Waals surface area contributed by atoms with E-state index in [0.29, 0.717) is 23.5 Å². The largest absolute Gasteiger partial charge is 0.457 e. The number of hydrogen-bond acceptors (Lipinski definition) is 3. The van der Waals surface area contributed by atoms with Crippen LogP contribution in [0.25, 0.3) is 0 Å². The van der Waals surface area contributed by atoms with Crippen LogP contribution < -0.4 is 4.74 Å². The van der Waals surface area contributed by atoms with E-state index in [1.807, 2.05) is 36.4 Å². The average Bonchev–Trinajstić information content (AvgIpc) is 2.42. The van der Waals surface area contributed by atoms with E-state index < -0.39 is 0 Å². The second-order valence-electron chi connectivity index (χ2n) is 4.27. The second-order valence-corrected chi connectivity index (χ2v) is 4.27. The Morgan fingerprint density at radius 3 is 2.42 bits per heavy atom. The van der Waals surface area contributed by atoms with E-state index in [0.717, 1.165) is 5.56 Å². The number of carbonyl (C=O) groups excluding carboxylic acids is 1. The van der Waals surface area contributed by atoms with Crippen molar-refractivity contribution in [2.45, 2.75) is 13.3 Å². The summed E-state index contributed by atoms with van der Waals surface area (Å²) in [5.41, 5.74) is 1.62. The summed E-state index contributed by atoms with van der Waals surface area (Å²) in [4.78, 5) is 11.5. The van der Waals surface area contributed by atoms with Gasteiger partial charge in [-0.05, 0) is 43.2 Å². The number of ether oxygens (including phenoxy) is 1. The van der Waals surface area contributed by atoms with Gasteiger partial charge in [0, 0.05) is 6.61 Å². The maximum Gasteiger partial charge on any atom is 0.163 e. The first-order valence-corrected chi connectivity index (χ1v) is 6.18. The molecule has 0 aliphatic rings. The quantitative estimate of drug-likeness (QED) is 0.835. The lowest BCUT2D eigenvalue weighted by Crippen LogP contribution is -1.97. The smallest absolute Gasteiger partial charge is 0.163 e. The molecule has 0 unspecified atom stereocenters. The van der Waals surface area contributed by atoms with Crippen molar-refractivity contribution in [2.24, 2.45) is 0 Å². The molecule has 0 radical (unpaired) electrons. The molecular formula is C16H16O3. The van der Waals surface area contributed by atoms with E-state index in [2.05, 4.69) is 0 Å². The molecule has 2 rings (SSSR count). The average molecular weight is 256 g/mol. The predicted octanol–water partition coefficient (Wildman–Crippen LogP) is 3.22. The summed E-state index contributed by atoms with van der Waals surface area (Å²) >= 11 is 0. The van der Waals surface area contributed by atoms with Crippen molar-refractivity contribution in [3.8, 4) is 11.5 Å². The van der Waals surface area contributed by atoms with Crippen molar-refractivity contribution in [2.75, 3.05) is 6.61 Å². The first-order chi connectivity index (χ1) is 9.20. The standard InChI is InChI=1S/C16H16O3/c1-12(18)15-4-2-3-5-16(15)19-14-8-6-13(7-9-14)10-11-17/h2-9,17H,10-11H2,1H3. The van der Waals surface area contributed by atoms with E-state index in [-0.39, 0.29) is 12.4 Å². The predicted molar refractivity (Wildman–Crippen MR) is 73.8 cm³/mol. The molecule has 0 heterocycles. The van der Waals surface area contributed by atoms with Gasteiger partial charge < -0.3 is 9.84 Å². The first kappa shape index (κ1) is 13.3. The number of rotatable bonds is 5. The molecule has 0 bridgehead atoms. The molecule has 3 heteroatoms. The number of hydrogen-bond donors (Lipinski definition) is 1. The molecule has 98 valence electrons. The van der Waals surface area contributed by atoms with Crippen LogP contribution in [0, 0.1) is 0 Å². The van der Waals surface area contributed by atoms with Crippen LogP contribution in [0.4, 0.5) is 0 Å². The number of aliphatic hydroxyl groups is 1. The number of aliphatic hydroxyl groups excluding tert-OH is 1. The fourth-order valence-electron chi connectivity index (χ4n) is 1.83. The Labute approximate surface area is 112 Å². The topological polar surface area (TPSA) is 46.5 Å². The highest BCUT2D eigenvalue weighted by Gasteiger charge is 2.08. The number of carbonyl (C=O) groups is 1. The molecule has 3 nitrogen and oxygen atoms in total. The minimum absolute atomic E-state index is 0.0208. The summed E-state index contributed by atoms with van der Waals surface area (Å²) in [5, 5.41) is 8.85. The highest BCUT2D eigenvalue weighted by atomic mass is 16.5. The molecule has 0 spiro atoms. The third-order valence-electron chi connectivity index (χ3n) is 2.82. The van der Waals surface area contributed by atoms with Gasteiger partial charge >= 0.3 is 0 Å². The third kappa shape index (κ3) is 3.42. The number of para-hydroxylation sites is 1. The van der Waals surface area contributed by atoms with Crippen molar-refractivity contribution in [3.63, 3.8) is 0 Å². The zero-order chi connectivity index (χ0) is 13.7. The fraction of sp³-hybridized carbons (Fsp3) is 0.188. The lowest BCUT2D eigenvalue weighted by atomic mass is 10.1. The van der Waals surface area contributed by atoms with Gasteiger partial charge in [-0.2, -0.15) is 0 Å². The van der Waals surface area contributed by atoms with Gasteiger partial charge in [0.15, 0.2) is 5.78 Å². The van der Waals surface area contributed by atoms with Crippen LogP contribution >= 0.6 is 0 Å². The Bertz CT molecular complexity index is 558. The van der Waals surface area contributed by atoms with E-state index >= 15 is 0 Å². The van der Waals surface area contributed by atoms with E-state index in [4.69, 9.17) is 9.84 Å². The lowest BCUT2D eigenvalue weighted by molar-refractivity contribution is 0.101. The molecule has 0 aliphatic carbocycles. The fourth-order valence-corrected chi connectivity index (χ4v) is 1.83. The van der Waals surface area contributed by atoms with Gasteiger partial charge in [-0.1, -0.05) is 24.3 Å². The van der Waals surface area contributed by atoms with Gasteiger partial charge in [0.05, 0.1) is 5.56 Å². The summed E-state index contributed by atoms with van der Waals surface area (Å²) in [6.45, 7) is 1.65. The lowest BCUT2D eigenvalue weighted by Gasteiger charge is -2.09. The van der Waals surface area contributed by atoms with Crippen molar-refractivity contribution in [1.29, 1.82) is 0 Å². The Morgan fingerprint density at radius 1 is 1.11 bits per heavy atom. The van der Waals surface area contributed by atoms with Gasteiger partial charge in [-0.15, -0.1) is 0 Å². The van der Waals surface area contributed by atoms with Crippen molar-refractivity contribution in [3.05, 3.63) is 59.7 Å². The summed E-state index contributed by atoms with van der Waals surface area (Å²) < 4.78 is 5.72. The van der Waals surface area contributed by atoms with Crippen LogP contribution in [-0.4, -0.2) is 17.5 Å². The Morgan fingerprint density at radius 2 is 1.79 bits per heavy atom. The Hall–Kier alpha value is -2.13. The molecule has 2 aromatic rings. The van der Waals surface area contributed by atoms with Crippen molar-refractivity contribution < 1.29 is 14.6 Å². The van der Waals surface area contributed by atoms with Gasteiger partial charge in [-0.25, -0.2) is 0 Å². The number of benzene rings is 2. The van der Waals surface area contributed by atoms with Gasteiger partial charge in [0.2, 0.25) is 0 Å². The summed E-state index contributed by atoms with van der Waals surface area (Å²) in [5.74, 6) is 1.22. The van der Waals surface area contributed by atoms with E-state index in [9.17, 15) is 4.79 Å². The molecule has 19 heavy (non-hydrogen) atoms. The summed E-state index contributed by atoms with van der Waals surface area (Å²) in [6.07, 6.45) is 0.629. The Kier molecular flexibility index (Phi) is 4.31. The molecular weight excluding hydrogens is 240 g/mol. The van der Waals surface area contributed by atoms with E-state index in [1.165, 1.54) is 6.92 Å². The minimum Gasteiger partial charge on any atom is -0.457 e. The first-order valence-electron chi connectivity index (χ1n) is 6.18. The molecule has 2 aromatic carbocycles. The van der Waals surface area contributed by atoms with Crippen LogP contribution in [0.15, 0.2) is 48.5 Å². The van der Waals surface area contributed by atoms with Crippen LogP contribution in [-0.2, 0) is 6.42 Å². The van der Waals surface area contributed by atoms with Crippen molar-refractivity contribution >= 4 is 5.78 Å².